The first-order chi connectivity index (χ1) is 16.5. The maximum atomic E-state index is 15.5. The van der Waals surface area contributed by atoms with Crippen molar-refractivity contribution in [3.05, 3.63) is 39.4 Å². The summed E-state index contributed by atoms with van der Waals surface area (Å²) in [5.74, 6) is -0.649. The van der Waals surface area contributed by atoms with E-state index in [9.17, 15) is 19.6 Å². The van der Waals surface area contributed by atoms with Crippen LogP contribution < -0.4 is 21.1 Å². The van der Waals surface area contributed by atoms with Gasteiger partial charge in [0.1, 0.15) is 23.1 Å². The highest BCUT2D eigenvalue weighted by molar-refractivity contribution is 5.93. The maximum absolute atomic E-state index is 15.5. The zero-order chi connectivity index (χ0) is 25.5. The lowest BCUT2D eigenvalue weighted by atomic mass is 10.0. The number of nitriles is 1. The first kappa shape index (κ1) is 24.3. The van der Waals surface area contributed by atoms with Gasteiger partial charge in [-0.15, -0.1) is 0 Å². The molecule has 0 bridgehead atoms. The molecule has 1 unspecified atom stereocenters. The molecule has 2 fully saturated rings. The fourth-order valence-electron chi connectivity index (χ4n) is 4.53. The van der Waals surface area contributed by atoms with E-state index in [2.05, 4.69) is 16.7 Å². The number of aromatic nitrogens is 1. The molecule has 4 rings (SSSR count). The van der Waals surface area contributed by atoms with Gasteiger partial charge in [0.05, 0.1) is 17.2 Å². The third-order valence-electron chi connectivity index (χ3n) is 6.03. The first-order valence-electron chi connectivity index (χ1n) is 11.5. The number of rotatable bonds is 5. The van der Waals surface area contributed by atoms with E-state index < -0.39 is 29.6 Å². The Balaban J connectivity index is 1.79. The first-order valence-corrected chi connectivity index (χ1v) is 11.5. The summed E-state index contributed by atoms with van der Waals surface area (Å²) >= 11 is 0. The van der Waals surface area contributed by atoms with Gasteiger partial charge in [-0.1, -0.05) is 0 Å². The Bertz CT molecular complexity index is 1290. The predicted octanol–water partition coefficient (Wildman–Crippen LogP) is 3.22. The Morgan fingerprint density at radius 3 is 2.60 bits per heavy atom. The minimum absolute atomic E-state index is 0.0269. The fraction of sp³-hybridized carbons (Fsp3) is 0.500. The van der Waals surface area contributed by atoms with Crippen molar-refractivity contribution < 1.29 is 23.8 Å². The highest BCUT2D eigenvalue weighted by atomic mass is 19.1. The van der Waals surface area contributed by atoms with Crippen molar-refractivity contribution in [3.63, 3.8) is 0 Å². The van der Waals surface area contributed by atoms with Crippen molar-refractivity contribution in [3.8, 4) is 6.07 Å². The van der Waals surface area contributed by atoms with Crippen molar-refractivity contribution in [2.24, 2.45) is 0 Å². The van der Waals surface area contributed by atoms with E-state index in [1.165, 1.54) is 16.7 Å². The zero-order valence-corrected chi connectivity index (χ0v) is 19.9. The van der Waals surface area contributed by atoms with Crippen LogP contribution in [0.15, 0.2) is 16.9 Å². The van der Waals surface area contributed by atoms with E-state index in [-0.39, 0.29) is 35.9 Å². The van der Waals surface area contributed by atoms with Gasteiger partial charge in [-0.25, -0.2) is 14.0 Å². The molecule has 1 aromatic heterocycles. The Kier molecular flexibility index (Phi) is 6.32. The Morgan fingerprint density at radius 1 is 1.29 bits per heavy atom. The lowest BCUT2D eigenvalue weighted by molar-refractivity contribution is 0.0523. The van der Waals surface area contributed by atoms with Gasteiger partial charge in [0, 0.05) is 37.1 Å². The summed E-state index contributed by atoms with van der Waals surface area (Å²) in [6.45, 7) is 5.66. The van der Waals surface area contributed by atoms with Gasteiger partial charge >= 0.3 is 12.2 Å². The average molecular weight is 486 g/mol. The Labute approximate surface area is 201 Å². The number of hydrogen-bond acceptors (Lipinski definition) is 6. The summed E-state index contributed by atoms with van der Waals surface area (Å²) in [7, 11) is 0. The largest absolute Gasteiger partial charge is 0.465 e. The van der Waals surface area contributed by atoms with Crippen LogP contribution in [-0.2, 0) is 11.3 Å². The third kappa shape index (κ3) is 5.16. The molecular weight excluding hydrogens is 457 g/mol. The number of carbonyl (C=O) groups excluding carboxylic acids is 1. The van der Waals surface area contributed by atoms with Crippen LogP contribution in [0.3, 0.4) is 0 Å². The van der Waals surface area contributed by atoms with Crippen LogP contribution in [0.2, 0.25) is 0 Å². The summed E-state index contributed by atoms with van der Waals surface area (Å²) in [6, 6.07) is 4.26. The van der Waals surface area contributed by atoms with E-state index >= 15 is 4.39 Å². The molecule has 11 heteroatoms. The minimum atomic E-state index is -1.17. The second-order valence-electron chi connectivity index (χ2n) is 9.94. The van der Waals surface area contributed by atoms with E-state index in [4.69, 9.17) is 9.84 Å². The molecule has 1 saturated carbocycles. The smallest absolute Gasteiger partial charge is 0.407 e. The van der Waals surface area contributed by atoms with E-state index in [0.717, 1.165) is 12.8 Å². The molecule has 3 N–H and O–H groups in total. The minimum Gasteiger partial charge on any atom is -0.465 e. The van der Waals surface area contributed by atoms with Gasteiger partial charge in [-0.05, 0) is 51.7 Å². The van der Waals surface area contributed by atoms with Crippen LogP contribution >= 0.6 is 0 Å². The molecule has 1 aromatic carbocycles. The molecule has 35 heavy (non-hydrogen) atoms. The highest BCUT2D eigenvalue weighted by Crippen LogP contribution is 2.40. The lowest BCUT2D eigenvalue weighted by Gasteiger charge is -2.24. The van der Waals surface area contributed by atoms with Crippen LogP contribution in [0.5, 0.6) is 0 Å². The number of benzene rings is 1. The monoisotopic (exact) mass is 485 g/mol. The number of hydrogen-bond donors (Lipinski definition) is 3. The van der Waals surface area contributed by atoms with Crippen molar-refractivity contribution in [1.82, 2.24) is 15.2 Å². The molecule has 1 aliphatic carbocycles. The molecule has 1 aliphatic heterocycles. The van der Waals surface area contributed by atoms with E-state index in [1.54, 1.807) is 25.7 Å². The van der Waals surface area contributed by atoms with Crippen LogP contribution in [-0.4, -0.2) is 46.6 Å². The molecule has 1 saturated heterocycles. The third-order valence-corrected chi connectivity index (χ3v) is 6.03. The van der Waals surface area contributed by atoms with Crippen molar-refractivity contribution in [2.45, 2.75) is 64.3 Å². The molecular formula is C24H28FN5O5. The zero-order valence-electron chi connectivity index (χ0n) is 19.9. The quantitative estimate of drug-likeness (QED) is 0.591. The number of carboxylic acid groups (broad SMARTS) is 1. The summed E-state index contributed by atoms with van der Waals surface area (Å²) < 4.78 is 22.3. The number of alkyl carbamates (subject to hydrolysis) is 1. The molecule has 10 nitrogen and oxygen atoms in total. The van der Waals surface area contributed by atoms with Crippen molar-refractivity contribution in [2.75, 3.05) is 18.0 Å². The predicted molar refractivity (Wildman–Crippen MR) is 126 cm³/mol. The van der Waals surface area contributed by atoms with Crippen molar-refractivity contribution in [1.29, 1.82) is 5.26 Å². The van der Waals surface area contributed by atoms with Gasteiger partial charge in [-0.3, -0.25) is 4.79 Å². The van der Waals surface area contributed by atoms with E-state index in [0.29, 0.717) is 29.4 Å². The number of halogens is 1. The fourth-order valence-corrected chi connectivity index (χ4v) is 4.53. The highest BCUT2D eigenvalue weighted by Gasteiger charge is 2.33. The summed E-state index contributed by atoms with van der Waals surface area (Å²) in [5.41, 5.74) is -0.252. The molecule has 2 aromatic rings. The Morgan fingerprint density at radius 2 is 2.00 bits per heavy atom. The van der Waals surface area contributed by atoms with Gasteiger partial charge in [0.15, 0.2) is 0 Å². The van der Waals surface area contributed by atoms with Gasteiger partial charge in [0.2, 0.25) is 0 Å². The second-order valence-corrected chi connectivity index (χ2v) is 9.94. The lowest BCUT2D eigenvalue weighted by Crippen LogP contribution is -2.36. The number of carbonyl (C=O) groups is 2. The Hall–Kier alpha value is -3.81. The van der Waals surface area contributed by atoms with E-state index in [1.807, 2.05) is 0 Å². The molecule has 2 amide bonds. The van der Waals surface area contributed by atoms with Crippen molar-refractivity contribution >= 4 is 28.8 Å². The number of fused-ring (bicyclic) bond motifs is 1. The number of anilines is 1. The number of amides is 2. The molecule has 2 heterocycles. The SMILES string of the molecule is CC(C)(C)OC(=O)NCc1cc(=O)n(C2CC2)c2c(C#N)c(N3CCC(NC(=O)O)C3)c(F)cc12. The summed E-state index contributed by atoms with van der Waals surface area (Å²) in [6.07, 6.45) is 0.168. The van der Waals surface area contributed by atoms with Crippen LogP contribution in [0.1, 0.15) is 57.2 Å². The number of pyridine rings is 1. The normalized spacial score (nSPS) is 17.8. The molecule has 0 radical (unpaired) electrons. The van der Waals surface area contributed by atoms with Crippen LogP contribution in [0.4, 0.5) is 19.7 Å². The summed E-state index contributed by atoms with van der Waals surface area (Å²) in [4.78, 5) is 37.9. The van der Waals surface area contributed by atoms with Gasteiger partial charge in [0.25, 0.3) is 5.56 Å². The average Bonchev–Trinajstić information content (AvgIpc) is 3.48. The standard InChI is InChI=1S/C24H28FN5O5/c1-24(2,3)35-23(34)27-11-13-8-19(31)30(15-4-5-15)20-16(13)9-18(25)21(17(20)10-26)29-7-6-14(12-29)28-22(32)33/h8-9,14-15,28H,4-7,11-12H2,1-3H3,(H,27,34)(H,32,33). The summed E-state index contributed by atoms with van der Waals surface area (Å²) in [5, 5.41) is 24.5. The van der Waals surface area contributed by atoms with Crippen LogP contribution in [0, 0.1) is 17.1 Å². The number of ether oxygens (including phenoxy) is 1. The maximum Gasteiger partial charge on any atom is 0.407 e. The molecule has 1 atom stereocenters. The number of nitrogens with one attached hydrogen (secondary N) is 2. The second kappa shape index (κ2) is 9.09. The molecule has 0 spiro atoms. The molecule has 186 valence electrons. The number of nitrogens with zero attached hydrogens (tertiary/aromatic N) is 3. The van der Waals surface area contributed by atoms with Gasteiger partial charge < -0.3 is 29.9 Å². The van der Waals surface area contributed by atoms with Gasteiger partial charge in [-0.2, -0.15) is 5.26 Å². The molecule has 2 aliphatic rings. The van der Waals surface area contributed by atoms with Crippen LogP contribution in [0.25, 0.3) is 10.9 Å². The topological polar surface area (TPSA) is 137 Å².